The van der Waals surface area contributed by atoms with Crippen LogP contribution in [-0.2, 0) is 19.2 Å². The van der Waals surface area contributed by atoms with E-state index in [4.69, 9.17) is 30.4 Å². The van der Waals surface area contributed by atoms with Crippen LogP contribution in [0.25, 0.3) is 12.2 Å². The van der Waals surface area contributed by atoms with Gasteiger partial charge in [-0.15, -0.1) is 0 Å². The largest absolute Gasteiger partial charge is 0.493 e. The first-order valence-corrected chi connectivity index (χ1v) is 14.0. The lowest BCUT2D eigenvalue weighted by Gasteiger charge is -2.15. The molecule has 43 heavy (non-hydrogen) atoms. The van der Waals surface area contributed by atoms with Crippen molar-refractivity contribution >= 4 is 35.7 Å². The molecular weight excluding hydrogens is 552 g/mol. The molecule has 4 N–H and O–H groups in total. The van der Waals surface area contributed by atoms with Gasteiger partial charge in [-0.05, 0) is 72.2 Å². The Labute approximate surface area is 253 Å². The van der Waals surface area contributed by atoms with E-state index in [1.165, 1.54) is 38.5 Å². The van der Waals surface area contributed by atoms with Crippen molar-refractivity contribution in [1.82, 2.24) is 0 Å². The van der Waals surface area contributed by atoms with E-state index in [0.717, 1.165) is 0 Å². The van der Waals surface area contributed by atoms with E-state index in [0.29, 0.717) is 35.5 Å². The number of ether oxygens (including phenoxy) is 4. The van der Waals surface area contributed by atoms with Crippen molar-refractivity contribution in [2.24, 2.45) is 23.3 Å². The lowest BCUT2D eigenvalue weighted by atomic mass is 10.0. The third-order valence-corrected chi connectivity index (χ3v) is 6.12. The van der Waals surface area contributed by atoms with Gasteiger partial charge in [-0.1, -0.05) is 52.0 Å². The van der Waals surface area contributed by atoms with E-state index in [2.05, 4.69) is 0 Å². The molecule has 2 atom stereocenters. The summed E-state index contributed by atoms with van der Waals surface area (Å²) in [7, 11) is 2.87. The molecule has 0 aliphatic rings. The predicted octanol–water partition coefficient (Wildman–Crippen LogP) is 4.52. The molecule has 2 aromatic rings. The molecule has 0 bridgehead atoms. The number of esters is 2. The van der Waals surface area contributed by atoms with Crippen molar-refractivity contribution in [3.05, 3.63) is 59.7 Å². The second-order valence-electron chi connectivity index (χ2n) is 10.9. The Balaban J connectivity index is 1.98. The maximum absolute atomic E-state index is 12.4. The highest BCUT2D eigenvalue weighted by molar-refractivity contribution is 6.10. The first-order valence-electron chi connectivity index (χ1n) is 14.0. The number of allylic oxidation sites excluding steroid dienone is 2. The number of hydrogen-bond acceptors (Lipinski definition) is 10. The van der Waals surface area contributed by atoms with Crippen LogP contribution in [0, 0.1) is 11.8 Å². The fourth-order valence-electron chi connectivity index (χ4n) is 3.99. The summed E-state index contributed by atoms with van der Waals surface area (Å²) in [6.07, 6.45) is 6.30. The minimum Gasteiger partial charge on any atom is -0.493 e. The zero-order valence-corrected chi connectivity index (χ0v) is 25.6. The minimum absolute atomic E-state index is 0.216. The van der Waals surface area contributed by atoms with Gasteiger partial charge in [-0.2, -0.15) is 0 Å². The molecule has 10 heteroatoms. The van der Waals surface area contributed by atoms with Gasteiger partial charge in [0.2, 0.25) is 0 Å². The molecule has 0 heterocycles. The summed E-state index contributed by atoms with van der Waals surface area (Å²) in [6, 6.07) is 8.11. The van der Waals surface area contributed by atoms with Crippen molar-refractivity contribution in [2.75, 3.05) is 14.2 Å². The number of hydrogen-bond donors (Lipinski definition) is 2. The van der Waals surface area contributed by atoms with Gasteiger partial charge < -0.3 is 30.4 Å². The van der Waals surface area contributed by atoms with Crippen LogP contribution in [0.3, 0.4) is 0 Å². The SMILES string of the molecule is COc1cc(/C=C/C(=O)CC(=O)/C=C/c2ccc(OC(=O)[C@@H](N)CC(C)C)c(OC)c2)ccc1OC(=O)[C@@H](N)CC(C)C. The molecule has 0 amide bonds. The number of rotatable bonds is 16. The van der Waals surface area contributed by atoms with Crippen LogP contribution in [0.1, 0.15) is 58.1 Å². The monoisotopic (exact) mass is 594 g/mol. The Bertz CT molecular complexity index is 1240. The van der Waals surface area contributed by atoms with Gasteiger partial charge in [0.15, 0.2) is 34.6 Å². The quantitative estimate of drug-likeness (QED) is 0.123. The molecule has 10 nitrogen and oxygen atoms in total. The van der Waals surface area contributed by atoms with E-state index in [1.807, 2.05) is 27.7 Å². The zero-order valence-electron chi connectivity index (χ0n) is 25.6. The fraction of sp³-hybridized carbons (Fsp3) is 0.394. The summed E-state index contributed by atoms with van der Waals surface area (Å²) in [5.41, 5.74) is 13.0. The van der Waals surface area contributed by atoms with Gasteiger partial charge in [0.25, 0.3) is 0 Å². The van der Waals surface area contributed by atoms with Gasteiger partial charge in [0.1, 0.15) is 12.1 Å². The summed E-state index contributed by atoms with van der Waals surface area (Å²) < 4.78 is 21.4. The van der Waals surface area contributed by atoms with E-state index >= 15 is 0 Å². The average molecular weight is 595 g/mol. The summed E-state index contributed by atoms with van der Waals surface area (Å²) in [6.45, 7) is 7.85. The smallest absolute Gasteiger partial charge is 0.328 e. The maximum atomic E-state index is 12.4. The molecule has 0 saturated heterocycles. The van der Waals surface area contributed by atoms with E-state index in [1.54, 1.807) is 36.4 Å². The highest BCUT2D eigenvalue weighted by Crippen LogP contribution is 2.30. The fourth-order valence-corrected chi connectivity index (χ4v) is 3.99. The van der Waals surface area contributed by atoms with Crippen LogP contribution in [0.4, 0.5) is 0 Å². The second kappa shape index (κ2) is 17.0. The molecule has 232 valence electrons. The first-order chi connectivity index (χ1) is 20.3. The van der Waals surface area contributed by atoms with Crippen molar-refractivity contribution in [1.29, 1.82) is 0 Å². The van der Waals surface area contributed by atoms with Crippen molar-refractivity contribution in [3.8, 4) is 23.0 Å². The Kier molecular flexibility index (Phi) is 13.8. The molecular formula is C33H42N2O8. The molecule has 0 aliphatic carbocycles. The average Bonchev–Trinajstić information content (AvgIpc) is 2.95. The van der Waals surface area contributed by atoms with Crippen LogP contribution in [0.5, 0.6) is 23.0 Å². The number of carbonyl (C=O) groups excluding carboxylic acids is 4. The summed E-state index contributed by atoms with van der Waals surface area (Å²) in [5, 5.41) is 0. The number of benzene rings is 2. The number of methoxy groups -OCH3 is 2. The van der Waals surface area contributed by atoms with Gasteiger partial charge >= 0.3 is 11.9 Å². The van der Waals surface area contributed by atoms with Crippen molar-refractivity contribution in [3.63, 3.8) is 0 Å². The summed E-state index contributed by atoms with van der Waals surface area (Å²) >= 11 is 0. The third-order valence-electron chi connectivity index (χ3n) is 6.12. The van der Waals surface area contributed by atoms with Gasteiger partial charge in [-0.3, -0.25) is 9.59 Å². The van der Waals surface area contributed by atoms with Crippen LogP contribution >= 0.6 is 0 Å². The molecule has 2 rings (SSSR count). The Morgan fingerprint density at radius 2 is 1.02 bits per heavy atom. The topological polar surface area (TPSA) is 157 Å². The van der Waals surface area contributed by atoms with Crippen molar-refractivity contribution < 1.29 is 38.1 Å². The number of carbonyl (C=O) groups is 4. The van der Waals surface area contributed by atoms with Gasteiger partial charge in [0.05, 0.1) is 20.6 Å². The lowest BCUT2D eigenvalue weighted by Crippen LogP contribution is -2.35. The molecule has 0 spiro atoms. The number of nitrogens with two attached hydrogens (primary N) is 2. The molecule has 0 aromatic heterocycles. The third kappa shape index (κ3) is 11.9. The van der Waals surface area contributed by atoms with Crippen LogP contribution in [-0.4, -0.2) is 49.8 Å². The van der Waals surface area contributed by atoms with Gasteiger partial charge in [-0.25, -0.2) is 9.59 Å². The van der Waals surface area contributed by atoms with Crippen molar-refractivity contribution in [2.45, 2.75) is 59.0 Å². The minimum atomic E-state index is -0.751. The zero-order chi connectivity index (χ0) is 32.1. The molecule has 2 aromatic carbocycles. The summed E-state index contributed by atoms with van der Waals surface area (Å²) in [4.78, 5) is 49.3. The van der Waals surface area contributed by atoms with E-state index in [-0.39, 0.29) is 29.8 Å². The van der Waals surface area contributed by atoms with Crippen LogP contribution < -0.4 is 30.4 Å². The van der Waals surface area contributed by atoms with Crippen LogP contribution in [0.15, 0.2) is 48.6 Å². The normalized spacial score (nSPS) is 12.9. The van der Waals surface area contributed by atoms with Gasteiger partial charge in [0, 0.05) is 0 Å². The molecule has 0 aliphatic heterocycles. The highest BCUT2D eigenvalue weighted by atomic mass is 16.6. The molecule has 0 radical (unpaired) electrons. The van der Waals surface area contributed by atoms with E-state index in [9.17, 15) is 19.2 Å². The summed E-state index contributed by atoms with van der Waals surface area (Å²) in [5.74, 6) is -0.409. The molecule has 0 saturated carbocycles. The van der Waals surface area contributed by atoms with Crippen LogP contribution in [0.2, 0.25) is 0 Å². The lowest BCUT2D eigenvalue weighted by molar-refractivity contribution is -0.137. The standard InChI is InChI=1S/C33H42N2O8/c1-20(2)15-26(34)32(38)42-28-13-9-22(17-30(28)40-5)7-11-24(36)19-25(37)12-8-23-10-14-29(31(18-23)41-6)43-33(39)27(35)16-21(3)4/h7-14,17-18,20-21,26-27H,15-16,19,34-35H2,1-6H3/b11-7+,12-8+/t26-,27-/m0/s1. The number of ketones is 2. The first kappa shape index (κ1) is 34.9. The second-order valence-corrected chi connectivity index (χ2v) is 10.9. The Morgan fingerprint density at radius 3 is 1.35 bits per heavy atom. The highest BCUT2D eigenvalue weighted by Gasteiger charge is 2.20. The molecule has 0 fully saturated rings. The predicted molar refractivity (Wildman–Crippen MR) is 165 cm³/mol. The van der Waals surface area contributed by atoms with E-state index < -0.39 is 35.6 Å². The molecule has 0 unspecified atom stereocenters. The maximum Gasteiger partial charge on any atom is 0.328 e. The Morgan fingerprint density at radius 1 is 0.651 bits per heavy atom. The Hall–Kier alpha value is -4.28.